The summed E-state index contributed by atoms with van der Waals surface area (Å²) in [6.45, 7) is 1.74. The number of hydrogen-bond donors (Lipinski definition) is 1. The van der Waals surface area contributed by atoms with Crippen molar-refractivity contribution in [2.24, 2.45) is 5.92 Å². The molecule has 4 nitrogen and oxygen atoms in total. The number of anilines is 1. The number of hydrogen-bond acceptors (Lipinski definition) is 2. The van der Waals surface area contributed by atoms with Gasteiger partial charge in [0.05, 0.1) is 22.6 Å². The van der Waals surface area contributed by atoms with Crippen LogP contribution in [0.25, 0.3) is 16.6 Å². The third-order valence-electron chi connectivity index (χ3n) is 5.43. The van der Waals surface area contributed by atoms with Gasteiger partial charge in [0.25, 0.3) is 0 Å². The lowest BCUT2D eigenvalue weighted by atomic mass is 9.98. The zero-order chi connectivity index (χ0) is 22.7. The summed E-state index contributed by atoms with van der Waals surface area (Å²) in [4.78, 5) is 12.6. The number of fused-ring (bicyclic) bond motifs is 1. The minimum absolute atomic E-state index is 0.0798. The third-order valence-corrected chi connectivity index (χ3v) is 5.43. The number of nitrogens with zero attached hydrogens (tertiary/aromatic N) is 2. The van der Waals surface area contributed by atoms with E-state index in [1.807, 2.05) is 0 Å². The van der Waals surface area contributed by atoms with Crippen molar-refractivity contribution in [3.05, 3.63) is 59.3 Å². The molecule has 1 N–H and O–H groups in total. The Bertz CT molecular complexity index is 1170. The van der Waals surface area contributed by atoms with Crippen LogP contribution in [0, 0.1) is 12.8 Å². The van der Waals surface area contributed by atoms with Gasteiger partial charge >= 0.3 is 18.3 Å². The number of benzene rings is 2. The smallest absolute Gasteiger partial charge is 0.416 e. The van der Waals surface area contributed by atoms with Crippen molar-refractivity contribution in [2.75, 3.05) is 18.0 Å². The fourth-order valence-corrected chi connectivity index (χ4v) is 3.71. The first kappa shape index (κ1) is 21.1. The van der Waals surface area contributed by atoms with E-state index in [2.05, 4.69) is 0 Å². The van der Waals surface area contributed by atoms with Gasteiger partial charge in [0, 0.05) is 36.0 Å². The minimum atomic E-state index is -4.65. The maximum atomic E-state index is 13.5. The maximum Gasteiger partial charge on any atom is 0.416 e. The van der Waals surface area contributed by atoms with Crippen LogP contribution in [0.1, 0.15) is 16.7 Å². The predicted octanol–water partition coefficient (Wildman–Crippen LogP) is 5.50. The lowest BCUT2D eigenvalue weighted by Gasteiger charge is -2.39. The van der Waals surface area contributed by atoms with Crippen molar-refractivity contribution in [1.82, 2.24) is 4.57 Å². The van der Waals surface area contributed by atoms with E-state index in [0.717, 1.165) is 24.3 Å². The monoisotopic (exact) mass is 442 g/mol. The molecule has 0 unspecified atom stereocenters. The molecule has 2 aromatic carbocycles. The molecule has 3 aromatic rings. The minimum Gasteiger partial charge on any atom is -0.481 e. The Hall–Kier alpha value is -3.17. The van der Waals surface area contributed by atoms with Crippen LogP contribution < -0.4 is 4.90 Å². The number of halogens is 6. The fourth-order valence-electron chi connectivity index (χ4n) is 3.71. The van der Waals surface area contributed by atoms with Crippen LogP contribution in [-0.2, 0) is 17.1 Å². The van der Waals surface area contributed by atoms with E-state index in [1.54, 1.807) is 6.92 Å². The summed E-state index contributed by atoms with van der Waals surface area (Å²) in [5, 5.41) is 9.31. The first-order valence-corrected chi connectivity index (χ1v) is 9.24. The molecule has 0 amide bonds. The van der Waals surface area contributed by atoms with Gasteiger partial charge in [0.2, 0.25) is 0 Å². The highest BCUT2D eigenvalue weighted by Crippen LogP contribution is 2.38. The van der Waals surface area contributed by atoms with Crippen LogP contribution in [0.2, 0.25) is 0 Å². The van der Waals surface area contributed by atoms with Gasteiger partial charge in [-0.05, 0) is 48.9 Å². The van der Waals surface area contributed by atoms with Crippen molar-refractivity contribution in [3.8, 4) is 5.69 Å². The van der Waals surface area contributed by atoms with E-state index < -0.39 is 35.4 Å². The Morgan fingerprint density at radius 2 is 1.55 bits per heavy atom. The topological polar surface area (TPSA) is 45.5 Å². The second-order valence-corrected chi connectivity index (χ2v) is 7.59. The highest BCUT2D eigenvalue weighted by atomic mass is 19.4. The van der Waals surface area contributed by atoms with E-state index in [9.17, 15) is 31.1 Å². The van der Waals surface area contributed by atoms with Crippen LogP contribution in [-0.4, -0.2) is 28.7 Å². The number of rotatable bonds is 3. The van der Waals surface area contributed by atoms with E-state index in [1.165, 1.54) is 27.8 Å². The summed E-state index contributed by atoms with van der Waals surface area (Å²) in [5.74, 6) is -1.68. The van der Waals surface area contributed by atoms with E-state index in [4.69, 9.17) is 5.11 Å². The van der Waals surface area contributed by atoms with E-state index in [0.29, 0.717) is 11.1 Å². The Labute approximate surface area is 172 Å². The Kier molecular flexibility index (Phi) is 4.71. The number of aryl methyl sites for hydroxylation is 1. The molecule has 2 heterocycles. The zero-order valence-electron chi connectivity index (χ0n) is 16.1. The first-order valence-electron chi connectivity index (χ1n) is 9.24. The molecule has 1 aliphatic heterocycles. The Morgan fingerprint density at radius 1 is 0.935 bits per heavy atom. The summed E-state index contributed by atoms with van der Waals surface area (Å²) < 4.78 is 81.1. The molecular weight excluding hydrogens is 426 g/mol. The standard InChI is InChI=1S/C21H16F6N2O2/c1-11-8-29(18-3-2-13(6-17(11)18)20(22,23)24)16-5-14(21(25,26)27)4-15(7-16)28-9-12(10-28)19(30)31/h2-8,12H,9-10H2,1H3,(H,30,31). The fraction of sp³-hybridized carbons (Fsp3) is 0.286. The highest BCUT2D eigenvalue weighted by Gasteiger charge is 2.36. The number of alkyl halides is 6. The van der Waals surface area contributed by atoms with Crippen LogP contribution in [0.3, 0.4) is 0 Å². The Balaban J connectivity index is 1.83. The summed E-state index contributed by atoms with van der Waals surface area (Å²) in [7, 11) is 0. The summed E-state index contributed by atoms with van der Waals surface area (Å²) in [5.41, 5.74) is -0.621. The summed E-state index contributed by atoms with van der Waals surface area (Å²) in [6.07, 6.45) is -7.70. The molecule has 164 valence electrons. The maximum absolute atomic E-state index is 13.5. The number of carboxylic acid groups (broad SMARTS) is 1. The molecule has 10 heteroatoms. The van der Waals surface area contributed by atoms with Gasteiger partial charge in [-0.25, -0.2) is 0 Å². The molecular formula is C21H16F6N2O2. The summed E-state index contributed by atoms with van der Waals surface area (Å²) in [6, 6.07) is 6.44. The van der Waals surface area contributed by atoms with E-state index in [-0.39, 0.29) is 29.9 Å². The van der Waals surface area contributed by atoms with Gasteiger partial charge in [-0.3, -0.25) is 4.79 Å². The van der Waals surface area contributed by atoms with E-state index >= 15 is 0 Å². The van der Waals surface area contributed by atoms with Gasteiger partial charge < -0.3 is 14.6 Å². The number of aliphatic carboxylic acids is 1. The van der Waals surface area contributed by atoms with Gasteiger partial charge in [0.15, 0.2) is 0 Å². The SMILES string of the molecule is Cc1cn(-c2cc(N3CC(C(=O)O)C3)cc(C(F)(F)F)c2)c2ccc(C(F)(F)F)cc12. The summed E-state index contributed by atoms with van der Waals surface area (Å²) >= 11 is 0. The van der Waals surface area contributed by atoms with Crippen molar-refractivity contribution in [2.45, 2.75) is 19.3 Å². The molecule has 0 bridgehead atoms. The molecule has 0 aliphatic carbocycles. The van der Waals surface area contributed by atoms with Crippen LogP contribution in [0.5, 0.6) is 0 Å². The predicted molar refractivity (Wildman–Crippen MR) is 101 cm³/mol. The quantitative estimate of drug-likeness (QED) is 0.545. The lowest BCUT2D eigenvalue weighted by Crippen LogP contribution is -2.50. The second-order valence-electron chi connectivity index (χ2n) is 7.59. The largest absolute Gasteiger partial charge is 0.481 e. The lowest BCUT2D eigenvalue weighted by molar-refractivity contribution is -0.142. The molecule has 0 radical (unpaired) electrons. The molecule has 1 fully saturated rings. The first-order chi connectivity index (χ1) is 14.3. The molecule has 1 saturated heterocycles. The number of carbonyl (C=O) groups is 1. The third kappa shape index (κ3) is 3.82. The van der Waals surface area contributed by atoms with Crippen molar-refractivity contribution in [1.29, 1.82) is 0 Å². The molecule has 1 aliphatic rings. The molecule has 31 heavy (non-hydrogen) atoms. The van der Waals surface area contributed by atoms with Crippen molar-refractivity contribution in [3.63, 3.8) is 0 Å². The number of carboxylic acids is 1. The second kappa shape index (κ2) is 6.93. The molecule has 0 spiro atoms. The average Bonchev–Trinajstić information content (AvgIpc) is 2.95. The molecule has 1 aromatic heterocycles. The normalized spacial score (nSPS) is 15.4. The highest BCUT2D eigenvalue weighted by molar-refractivity contribution is 5.86. The van der Waals surface area contributed by atoms with Gasteiger partial charge in [-0.1, -0.05) is 0 Å². The average molecular weight is 442 g/mol. The molecule has 4 rings (SSSR count). The Morgan fingerprint density at radius 3 is 2.13 bits per heavy atom. The van der Waals surface area contributed by atoms with Gasteiger partial charge in [-0.2, -0.15) is 26.3 Å². The van der Waals surface area contributed by atoms with Crippen molar-refractivity contribution >= 4 is 22.6 Å². The van der Waals surface area contributed by atoms with Gasteiger partial charge in [-0.15, -0.1) is 0 Å². The molecule has 0 atom stereocenters. The van der Waals surface area contributed by atoms with Crippen LogP contribution >= 0.6 is 0 Å². The molecule has 0 saturated carbocycles. The zero-order valence-corrected chi connectivity index (χ0v) is 16.1. The van der Waals surface area contributed by atoms with Crippen molar-refractivity contribution < 1.29 is 36.2 Å². The van der Waals surface area contributed by atoms with Gasteiger partial charge in [0.1, 0.15) is 0 Å². The van der Waals surface area contributed by atoms with Crippen LogP contribution in [0.15, 0.2) is 42.6 Å². The van der Waals surface area contributed by atoms with Crippen LogP contribution in [0.4, 0.5) is 32.0 Å². The number of aromatic nitrogens is 1.